The van der Waals surface area contributed by atoms with Gasteiger partial charge in [-0.3, -0.25) is 0 Å². The van der Waals surface area contributed by atoms with Crippen molar-refractivity contribution in [3.05, 3.63) is 17.7 Å². The van der Waals surface area contributed by atoms with Gasteiger partial charge in [0.1, 0.15) is 11.5 Å². The van der Waals surface area contributed by atoms with E-state index in [4.69, 9.17) is 16.3 Å². The van der Waals surface area contributed by atoms with E-state index in [1.807, 2.05) is 13.8 Å². The third-order valence-electron chi connectivity index (χ3n) is 1.85. The molecule has 1 rings (SSSR count). The standard InChI is InChI=1S/C11H17ClN2O/c1-7(2)11-13-6-10(15-8(3)4)9(5-12)14-11/h6-8H,5H2,1-4H3. The van der Waals surface area contributed by atoms with E-state index in [9.17, 15) is 0 Å². The van der Waals surface area contributed by atoms with Gasteiger partial charge in [-0.25, -0.2) is 9.97 Å². The SMILES string of the molecule is CC(C)Oc1cnc(C(C)C)nc1CCl. The molecule has 84 valence electrons. The Kier molecular flexibility index (Phi) is 4.33. The van der Waals surface area contributed by atoms with Gasteiger partial charge in [-0.05, 0) is 13.8 Å². The molecule has 1 aromatic heterocycles. The fraction of sp³-hybridized carbons (Fsp3) is 0.636. The van der Waals surface area contributed by atoms with Gasteiger partial charge in [0.25, 0.3) is 0 Å². The van der Waals surface area contributed by atoms with Gasteiger partial charge in [-0.2, -0.15) is 0 Å². The molecular formula is C11H17ClN2O. The number of nitrogens with zero attached hydrogens (tertiary/aromatic N) is 2. The summed E-state index contributed by atoms with van der Waals surface area (Å²) in [5.41, 5.74) is 0.768. The maximum atomic E-state index is 5.82. The minimum Gasteiger partial charge on any atom is -0.487 e. The zero-order chi connectivity index (χ0) is 11.4. The minimum absolute atomic E-state index is 0.112. The first-order chi connectivity index (χ1) is 7.04. The summed E-state index contributed by atoms with van der Waals surface area (Å²) in [5, 5.41) is 0. The Bertz CT molecular complexity index is 326. The summed E-state index contributed by atoms with van der Waals surface area (Å²) >= 11 is 5.82. The highest BCUT2D eigenvalue weighted by Crippen LogP contribution is 2.20. The number of rotatable bonds is 4. The van der Waals surface area contributed by atoms with E-state index < -0.39 is 0 Å². The van der Waals surface area contributed by atoms with E-state index in [1.54, 1.807) is 6.20 Å². The van der Waals surface area contributed by atoms with Crippen molar-refractivity contribution in [1.82, 2.24) is 9.97 Å². The molecule has 0 aliphatic rings. The second-order valence-electron chi connectivity index (χ2n) is 3.99. The molecule has 0 saturated heterocycles. The third kappa shape index (κ3) is 3.34. The van der Waals surface area contributed by atoms with Crippen LogP contribution in [0.25, 0.3) is 0 Å². The van der Waals surface area contributed by atoms with E-state index in [1.165, 1.54) is 0 Å². The van der Waals surface area contributed by atoms with Crippen molar-refractivity contribution in [3.8, 4) is 5.75 Å². The maximum absolute atomic E-state index is 5.82. The number of alkyl halides is 1. The van der Waals surface area contributed by atoms with Crippen LogP contribution in [-0.2, 0) is 5.88 Å². The van der Waals surface area contributed by atoms with Crippen LogP contribution in [0.3, 0.4) is 0 Å². The third-order valence-corrected chi connectivity index (χ3v) is 2.11. The van der Waals surface area contributed by atoms with Crippen molar-refractivity contribution in [2.24, 2.45) is 0 Å². The van der Waals surface area contributed by atoms with Crippen LogP contribution >= 0.6 is 11.6 Å². The first kappa shape index (κ1) is 12.2. The molecule has 1 heterocycles. The van der Waals surface area contributed by atoms with Crippen molar-refractivity contribution < 1.29 is 4.74 Å². The quantitative estimate of drug-likeness (QED) is 0.743. The molecule has 0 atom stereocenters. The average Bonchev–Trinajstić information content (AvgIpc) is 2.17. The molecule has 0 bridgehead atoms. The molecule has 0 fully saturated rings. The van der Waals surface area contributed by atoms with Gasteiger partial charge in [0.15, 0.2) is 5.75 Å². The van der Waals surface area contributed by atoms with E-state index in [0.29, 0.717) is 17.5 Å². The van der Waals surface area contributed by atoms with Gasteiger partial charge in [-0.1, -0.05) is 13.8 Å². The molecule has 0 saturated carbocycles. The lowest BCUT2D eigenvalue weighted by Gasteiger charge is -2.13. The highest BCUT2D eigenvalue weighted by molar-refractivity contribution is 6.17. The van der Waals surface area contributed by atoms with Gasteiger partial charge < -0.3 is 4.74 Å². The molecular weight excluding hydrogens is 212 g/mol. The maximum Gasteiger partial charge on any atom is 0.160 e. The number of ether oxygens (including phenoxy) is 1. The van der Waals surface area contributed by atoms with Crippen LogP contribution in [0.2, 0.25) is 0 Å². The Morgan fingerprint density at radius 3 is 2.47 bits per heavy atom. The Morgan fingerprint density at radius 2 is 2.00 bits per heavy atom. The number of hydrogen-bond acceptors (Lipinski definition) is 3. The molecule has 15 heavy (non-hydrogen) atoms. The van der Waals surface area contributed by atoms with Crippen LogP contribution in [0, 0.1) is 0 Å². The van der Waals surface area contributed by atoms with Crippen LogP contribution in [0.4, 0.5) is 0 Å². The van der Waals surface area contributed by atoms with Crippen LogP contribution in [0.15, 0.2) is 6.20 Å². The summed E-state index contributed by atoms with van der Waals surface area (Å²) in [6.07, 6.45) is 1.82. The lowest BCUT2D eigenvalue weighted by Crippen LogP contribution is -2.10. The van der Waals surface area contributed by atoms with Crippen LogP contribution in [0.5, 0.6) is 5.75 Å². The molecule has 0 spiro atoms. The predicted octanol–water partition coefficient (Wildman–Crippen LogP) is 3.13. The molecule has 0 amide bonds. The summed E-state index contributed by atoms with van der Waals surface area (Å²) in [4.78, 5) is 8.62. The Labute approximate surface area is 95.8 Å². The van der Waals surface area contributed by atoms with Gasteiger partial charge >= 0.3 is 0 Å². The molecule has 4 heteroatoms. The molecule has 0 aliphatic carbocycles. The van der Waals surface area contributed by atoms with Crippen molar-refractivity contribution in [2.45, 2.75) is 45.6 Å². The number of halogens is 1. The van der Waals surface area contributed by atoms with E-state index in [2.05, 4.69) is 23.8 Å². The minimum atomic E-state index is 0.112. The molecule has 0 radical (unpaired) electrons. The molecule has 0 aliphatic heterocycles. The van der Waals surface area contributed by atoms with Crippen molar-refractivity contribution in [3.63, 3.8) is 0 Å². The molecule has 1 aromatic rings. The van der Waals surface area contributed by atoms with Crippen molar-refractivity contribution >= 4 is 11.6 Å². The molecule has 3 nitrogen and oxygen atoms in total. The second kappa shape index (κ2) is 5.31. The molecule has 0 N–H and O–H groups in total. The zero-order valence-corrected chi connectivity index (χ0v) is 10.4. The largest absolute Gasteiger partial charge is 0.487 e. The first-order valence-electron chi connectivity index (χ1n) is 5.13. The summed E-state index contributed by atoms with van der Waals surface area (Å²) in [7, 11) is 0. The lowest BCUT2D eigenvalue weighted by atomic mass is 10.2. The monoisotopic (exact) mass is 228 g/mol. The highest BCUT2D eigenvalue weighted by Gasteiger charge is 2.10. The Balaban J connectivity index is 2.98. The molecule has 0 aromatic carbocycles. The second-order valence-corrected chi connectivity index (χ2v) is 4.26. The zero-order valence-electron chi connectivity index (χ0n) is 9.62. The topological polar surface area (TPSA) is 35.0 Å². The van der Waals surface area contributed by atoms with Gasteiger partial charge in [-0.15, -0.1) is 11.6 Å². The Hall–Kier alpha value is -0.830. The Morgan fingerprint density at radius 1 is 1.33 bits per heavy atom. The first-order valence-corrected chi connectivity index (χ1v) is 5.66. The average molecular weight is 229 g/mol. The van der Waals surface area contributed by atoms with E-state index in [-0.39, 0.29) is 6.10 Å². The smallest absolute Gasteiger partial charge is 0.160 e. The van der Waals surface area contributed by atoms with E-state index >= 15 is 0 Å². The lowest BCUT2D eigenvalue weighted by molar-refractivity contribution is 0.238. The summed E-state index contributed by atoms with van der Waals surface area (Å²) < 4.78 is 5.56. The van der Waals surface area contributed by atoms with Gasteiger partial charge in [0.2, 0.25) is 0 Å². The van der Waals surface area contributed by atoms with Crippen molar-refractivity contribution in [1.29, 1.82) is 0 Å². The molecule has 0 unspecified atom stereocenters. The van der Waals surface area contributed by atoms with Crippen LogP contribution in [-0.4, -0.2) is 16.1 Å². The van der Waals surface area contributed by atoms with Crippen LogP contribution < -0.4 is 4.74 Å². The van der Waals surface area contributed by atoms with Gasteiger partial charge in [0.05, 0.1) is 18.2 Å². The normalized spacial score (nSPS) is 11.1. The fourth-order valence-electron chi connectivity index (χ4n) is 1.15. The number of aromatic nitrogens is 2. The van der Waals surface area contributed by atoms with Crippen LogP contribution in [0.1, 0.15) is 45.1 Å². The van der Waals surface area contributed by atoms with Crippen molar-refractivity contribution in [2.75, 3.05) is 0 Å². The fourth-order valence-corrected chi connectivity index (χ4v) is 1.34. The predicted molar refractivity (Wildman–Crippen MR) is 61.4 cm³/mol. The highest BCUT2D eigenvalue weighted by atomic mass is 35.5. The summed E-state index contributed by atoms with van der Waals surface area (Å²) in [5.74, 6) is 2.15. The summed E-state index contributed by atoms with van der Waals surface area (Å²) in [6, 6.07) is 0. The summed E-state index contributed by atoms with van der Waals surface area (Å²) in [6.45, 7) is 8.04. The number of hydrogen-bond donors (Lipinski definition) is 0. The van der Waals surface area contributed by atoms with Gasteiger partial charge in [0, 0.05) is 5.92 Å². The van der Waals surface area contributed by atoms with E-state index in [0.717, 1.165) is 11.5 Å².